The van der Waals surface area contributed by atoms with Crippen LogP contribution in [0.15, 0.2) is 24.3 Å². The molecular weight excluding hydrogens is 851 g/mol. The molecule has 408 valence electrons. The zero-order chi connectivity index (χ0) is 50.0. The first-order valence-electron chi connectivity index (χ1n) is 31.1. The lowest BCUT2D eigenvalue weighted by Gasteiger charge is -2.20. The second-order valence-electron chi connectivity index (χ2n) is 21.4. The lowest BCUT2D eigenvalue weighted by atomic mass is 10.0. The fraction of sp³-hybridized carbons (Fsp3) is 0.905. The quantitative estimate of drug-likeness (QED) is 0.0321. The number of ether oxygens (including phenoxy) is 1. The summed E-state index contributed by atoms with van der Waals surface area (Å²) < 4.78 is 5.47. The lowest BCUT2D eigenvalue weighted by Crippen LogP contribution is -2.45. The lowest BCUT2D eigenvalue weighted by molar-refractivity contribution is -0.143. The number of rotatable bonds is 58. The molecular formula is C63H121NO5. The number of unbranched alkanes of at least 4 members (excludes halogenated alkanes) is 45. The number of aliphatic hydroxyl groups is 2. The van der Waals surface area contributed by atoms with Gasteiger partial charge in [-0.3, -0.25) is 9.59 Å². The van der Waals surface area contributed by atoms with E-state index in [0.717, 1.165) is 57.8 Å². The molecule has 0 aliphatic carbocycles. The summed E-state index contributed by atoms with van der Waals surface area (Å²) in [5.74, 6) is -0.0860. The van der Waals surface area contributed by atoms with Crippen molar-refractivity contribution in [3.8, 4) is 0 Å². The first kappa shape index (κ1) is 67.3. The van der Waals surface area contributed by atoms with Crippen LogP contribution >= 0.6 is 0 Å². The Labute approximate surface area is 431 Å². The topological polar surface area (TPSA) is 95.9 Å². The number of esters is 1. The van der Waals surface area contributed by atoms with Crippen LogP contribution < -0.4 is 5.32 Å². The van der Waals surface area contributed by atoms with Gasteiger partial charge in [0.2, 0.25) is 5.91 Å². The van der Waals surface area contributed by atoms with Crippen LogP contribution in [-0.2, 0) is 14.3 Å². The van der Waals surface area contributed by atoms with Crippen LogP contribution in [0.1, 0.15) is 341 Å². The van der Waals surface area contributed by atoms with E-state index in [1.165, 1.54) is 257 Å². The van der Waals surface area contributed by atoms with Crippen LogP contribution in [0.2, 0.25) is 0 Å². The maximum atomic E-state index is 12.5. The summed E-state index contributed by atoms with van der Waals surface area (Å²) >= 11 is 0. The minimum Gasteiger partial charge on any atom is -0.466 e. The Bertz CT molecular complexity index is 1080. The van der Waals surface area contributed by atoms with Crippen molar-refractivity contribution in [2.45, 2.75) is 353 Å². The van der Waals surface area contributed by atoms with E-state index in [0.29, 0.717) is 19.4 Å². The van der Waals surface area contributed by atoms with Crippen molar-refractivity contribution in [3.63, 3.8) is 0 Å². The van der Waals surface area contributed by atoms with Crippen molar-refractivity contribution in [1.29, 1.82) is 0 Å². The highest BCUT2D eigenvalue weighted by molar-refractivity contribution is 5.76. The number of amides is 1. The van der Waals surface area contributed by atoms with Crippen LogP contribution in [0, 0.1) is 0 Å². The average Bonchev–Trinajstić information content (AvgIpc) is 3.35. The molecule has 0 aromatic carbocycles. The van der Waals surface area contributed by atoms with Gasteiger partial charge in [-0.05, 0) is 57.8 Å². The third kappa shape index (κ3) is 55.5. The molecule has 0 saturated heterocycles. The highest BCUT2D eigenvalue weighted by Crippen LogP contribution is 2.17. The third-order valence-corrected chi connectivity index (χ3v) is 14.5. The summed E-state index contributed by atoms with van der Waals surface area (Å²) in [6.45, 7) is 4.90. The maximum Gasteiger partial charge on any atom is 0.305 e. The number of aliphatic hydroxyl groups excluding tert-OH is 2. The van der Waals surface area contributed by atoms with Gasteiger partial charge in [-0.2, -0.15) is 0 Å². The molecule has 0 aliphatic heterocycles. The van der Waals surface area contributed by atoms with Crippen molar-refractivity contribution in [3.05, 3.63) is 24.3 Å². The fourth-order valence-electron chi connectivity index (χ4n) is 9.69. The van der Waals surface area contributed by atoms with Gasteiger partial charge in [-0.1, -0.05) is 295 Å². The Balaban J connectivity index is 3.47. The third-order valence-electron chi connectivity index (χ3n) is 14.5. The predicted molar refractivity (Wildman–Crippen MR) is 301 cm³/mol. The number of nitrogens with one attached hydrogen (secondary N) is 1. The maximum absolute atomic E-state index is 12.5. The van der Waals surface area contributed by atoms with Crippen molar-refractivity contribution in [2.75, 3.05) is 13.2 Å². The summed E-state index contributed by atoms with van der Waals surface area (Å²) in [5.41, 5.74) is 0. The van der Waals surface area contributed by atoms with E-state index in [-0.39, 0.29) is 18.5 Å². The first-order chi connectivity index (χ1) is 34.0. The van der Waals surface area contributed by atoms with E-state index in [1.54, 1.807) is 6.08 Å². The number of hydrogen-bond acceptors (Lipinski definition) is 5. The number of carbonyl (C=O) groups is 2. The summed E-state index contributed by atoms with van der Waals surface area (Å²) in [6, 6.07) is -0.637. The second kappa shape index (κ2) is 58.9. The van der Waals surface area contributed by atoms with Gasteiger partial charge in [-0.15, -0.1) is 0 Å². The van der Waals surface area contributed by atoms with Gasteiger partial charge in [0.05, 0.1) is 25.4 Å². The van der Waals surface area contributed by atoms with E-state index < -0.39 is 12.1 Å². The largest absolute Gasteiger partial charge is 0.466 e. The second-order valence-corrected chi connectivity index (χ2v) is 21.4. The first-order valence-corrected chi connectivity index (χ1v) is 31.1. The Morgan fingerprint density at radius 1 is 0.391 bits per heavy atom. The summed E-state index contributed by atoms with van der Waals surface area (Å²) in [7, 11) is 0. The molecule has 0 aromatic rings. The molecule has 0 fully saturated rings. The van der Waals surface area contributed by atoms with Crippen LogP contribution in [0.3, 0.4) is 0 Å². The molecule has 0 radical (unpaired) electrons. The zero-order valence-electron chi connectivity index (χ0n) is 46.6. The van der Waals surface area contributed by atoms with E-state index in [2.05, 4.69) is 31.3 Å². The molecule has 1 amide bonds. The fourth-order valence-corrected chi connectivity index (χ4v) is 9.69. The Morgan fingerprint density at radius 2 is 0.681 bits per heavy atom. The molecule has 0 rings (SSSR count). The van der Waals surface area contributed by atoms with Crippen molar-refractivity contribution < 1.29 is 24.5 Å². The summed E-state index contributed by atoms with van der Waals surface area (Å²) in [6.07, 6.45) is 72.1. The molecule has 0 saturated carbocycles. The van der Waals surface area contributed by atoms with Gasteiger partial charge >= 0.3 is 5.97 Å². The Hall–Kier alpha value is -1.66. The average molecular weight is 973 g/mol. The molecule has 0 heterocycles. The van der Waals surface area contributed by atoms with Crippen LogP contribution in [0.4, 0.5) is 0 Å². The molecule has 6 heteroatoms. The molecule has 2 unspecified atom stereocenters. The normalized spacial score (nSPS) is 12.7. The standard InChI is InChI=1S/C63H121NO5/c1-3-5-7-9-11-13-15-17-19-20-21-22-23-24-25-26-28-31-35-39-43-47-51-55-61(66)60(59-65)64-62(67)56-52-48-44-40-36-32-29-30-34-38-42-46-50-54-58-69-63(68)57-53-49-45-41-37-33-27-18-16-14-12-10-8-6-4-2/h18,27,51,55,60-61,65-66H,3-17,19-26,28-50,52-54,56-59H2,1-2H3,(H,64,67)/b27-18-,55-51+. The molecule has 3 N–H and O–H groups in total. The zero-order valence-corrected chi connectivity index (χ0v) is 46.6. The van der Waals surface area contributed by atoms with Crippen molar-refractivity contribution >= 4 is 11.9 Å². The summed E-state index contributed by atoms with van der Waals surface area (Å²) in [4.78, 5) is 24.6. The highest BCUT2D eigenvalue weighted by atomic mass is 16.5. The van der Waals surface area contributed by atoms with Crippen molar-refractivity contribution in [1.82, 2.24) is 5.32 Å². The van der Waals surface area contributed by atoms with E-state index >= 15 is 0 Å². The van der Waals surface area contributed by atoms with E-state index in [1.807, 2.05) is 6.08 Å². The molecule has 0 spiro atoms. The van der Waals surface area contributed by atoms with E-state index in [9.17, 15) is 19.8 Å². The van der Waals surface area contributed by atoms with Gasteiger partial charge in [0.1, 0.15) is 0 Å². The summed E-state index contributed by atoms with van der Waals surface area (Å²) in [5, 5.41) is 23.2. The molecule has 6 nitrogen and oxygen atoms in total. The Morgan fingerprint density at radius 3 is 1.03 bits per heavy atom. The van der Waals surface area contributed by atoms with Gasteiger partial charge in [0, 0.05) is 12.8 Å². The molecule has 0 aromatic heterocycles. The Kier molecular flexibility index (Phi) is 57.5. The highest BCUT2D eigenvalue weighted by Gasteiger charge is 2.18. The number of hydrogen-bond donors (Lipinski definition) is 3. The SMILES string of the molecule is CCCCCCCC/C=C\CCCCCCCC(=O)OCCCCCCCCCCCCCCCCC(=O)NC(CO)C(O)/C=C/CCCCCCCCCCCCCCCCCCCCCCC. The smallest absolute Gasteiger partial charge is 0.305 e. The van der Waals surface area contributed by atoms with Crippen LogP contribution in [0.25, 0.3) is 0 Å². The molecule has 0 aliphatic rings. The van der Waals surface area contributed by atoms with Gasteiger partial charge in [-0.25, -0.2) is 0 Å². The molecule has 0 bridgehead atoms. The van der Waals surface area contributed by atoms with Gasteiger partial charge in [0.15, 0.2) is 0 Å². The van der Waals surface area contributed by atoms with Gasteiger partial charge < -0.3 is 20.3 Å². The predicted octanol–water partition coefficient (Wildman–Crippen LogP) is 19.4. The monoisotopic (exact) mass is 972 g/mol. The van der Waals surface area contributed by atoms with E-state index in [4.69, 9.17) is 4.74 Å². The number of carbonyl (C=O) groups excluding carboxylic acids is 2. The van der Waals surface area contributed by atoms with Gasteiger partial charge in [0.25, 0.3) is 0 Å². The molecule has 69 heavy (non-hydrogen) atoms. The van der Waals surface area contributed by atoms with Crippen LogP contribution in [0.5, 0.6) is 0 Å². The minimum absolute atomic E-state index is 0.0106. The van der Waals surface area contributed by atoms with Crippen LogP contribution in [-0.4, -0.2) is 47.4 Å². The minimum atomic E-state index is -0.853. The molecule has 2 atom stereocenters. The number of allylic oxidation sites excluding steroid dienone is 3. The van der Waals surface area contributed by atoms with Crippen molar-refractivity contribution in [2.24, 2.45) is 0 Å².